The lowest BCUT2D eigenvalue weighted by atomic mass is 10.1. The maximum Gasteiger partial charge on any atom is 0.229 e. The summed E-state index contributed by atoms with van der Waals surface area (Å²) in [7, 11) is 0. The van der Waals surface area contributed by atoms with E-state index < -0.39 is 5.92 Å². The van der Waals surface area contributed by atoms with E-state index in [4.69, 9.17) is 0 Å². The van der Waals surface area contributed by atoms with Gasteiger partial charge in [0.05, 0.1) is 5.92 Å². The van der Waals surface area contributed by atoms with E-state index in [1.54, 1.807) is 19.1 Å². The second-order valence-electron chi connectivity index (χ2n) is 6.59. The fourth-order valence-electron chi connectivity index (χ4n) is 3.12. The lowest BCUT2D eigenvalue weighted by Gasteiger charge is -2.18. The van der Waals surface area contributed by atoms with Crippen molar-refractivity contribution in [3.63, 3.8) is 0 Å². The van der Waals surface area contributed by atoms with Gasteiger partial charge in [-0.25, -0.2) is 4.39 Å². The van der Waals surface area contributed by atoms with Gasteiger partial charge >= 0.3 is 0 Å². The van der Waals surface area contributed by atoms with Crippen LogP contribution in [-0.2, 0) is 9.59 Å². The maximum atomic E-state index is 13.8. The van der Waals surface area contributed by atoms with E-state index in [-0.39, 0.29) is 30.6 Å². The quantitative estimate of drug-likeness (QED) is 0.925. The maximum absolute atomic E-state index is 13.8. The molecule has 25 heavy (non-hydrogen) atoms. The van der Waals surface area contributed by atoms with Crippen molar-refractivity contribution in [1.82, 2.24) is 0 Å². The molecular weight excluding hydrogens is 319 g/mol. The van der Waals surface area contributed by atoms with Crippen LogP contribution in [0.1, 0.15) is 23.1 Å². The number of hydrogen-bond donors (Lipinski definition) is 1. The van der Waals surface area contributed by atoms with Gasteiger partial charge in [-0.05, 0) is 49.6 Å². The number of aryl methyl sites for hydroxylation is 3. The van der Waals surface area contributed by atoms with Crippen LogP contribution in [0.15, 0.2) is 36.4 Å². The van der Waals surface area contributed by atoms with Crippen molar-refractivity contribution >= 4 is 23.2 Å². The molecule has 0 bridgehead atoms. The first-order chi connectivity index (χ1) is 11.9. The summed E-state index contributed by atoms with van der Waals surface area (Å²) in [5, 5.41) is 2.94. The highest BCUT2D eigenvalue weighted by Gasteiger charge is 2.35. The molecule has 1 fully saturated rings. The summed E-state index contributed by atoms with van der Waals surface area (Å²) in [6, 6.07) is 10.5. The number of anilines is 2. The molecule has 5 heteroatoms. The van der Waals surface area contributed by atoms with Crippen LogP contribution in [0.4, 0.5) is 15.8 Å². The van der Waals surface area contributed by atoms with Crippen LogP contribution >= 0.6 is 0 Å². The summed E-state index contributed by atoms with van der Waals surface area (Å²) >= 11 is 0. The molecule has 0 radical (unpaired) electrons. The normalized spacial score (nSPS) is 17.0. The third-order valence-corrected chi connectivity index (χ3v) is 4.69. The van der Waals surface area contributed by atoms with E-state index >= 15 is 0 Å². The Morgan fingerprint density at radius 1 is 1.12 bits per heavy atom. The Hall–Kier alpha value is -2.69. The summed E-state index contributed by atoms with van der Waals surface area (Å²) < 4.78 is 13.8. The number of nitrogens with zero attached hydrogens (tertiary/aromatic N) is 1. The topological polar surface area (TPSA) is 49.4 Å². The van der Waals surface area contributed by atoms with Crippen LogP contribution in [0, 0.1) is 32.5 Å². The zero-order valence-electron chi connectivity index (χ0n) is 14.6. The molecule has 4 nitrogen and oxygen atoms in total. The summed E-state index contributed by atoms with van der Waals surface area (Å²) in [5.74, 6) is -1.14. The number of nitrogens with one attached hydrogen (secondary N) is 1. The molecule has 0 spiro atoms. The largest absolute Gasteiger partial charge is 0.325 e. The average molecular weight is 340 g/mol. The van der Waals surface area contributed by atoms with Crippen LogP contribution in [0.25, 0.3) is 0 Å². The second-order valence-corrected chi connectivity index (χ2v) is 6.59. The molecule has 0 aromatic heterocycles. The molecule has 1 unspecified atom stereocenters. The molecule has 2 amide bonds. The van der Waals surface area contributed by atoms with E-state index in [9.17, 15) is 14.0 Å². The number of para-hydroxylation sites is 1. The van der Waals surface area contributed by atoms with E-state index in [0.29, 0.717) is 11.3 Å². The molecule has 130 valence electrons. The Morgan fingerprint density at radius 3 is 2.44 bits per heavy atom. The Bertz CT molecular complexity index is 827. The van der Waals surface area contributed by atoms with E-state index in [2.05, 4.69) is 5.32 Å². The van der Waals surface area contributed by atoms with Crippen molar-refractivity contribution in [2.75, 3.05) is 16.8 Å². The van der Waals surface area contributed by atoms with Gasteiger partial charge in [-0.15, -0.1) is 0 Å². The van der Waals surface area contributed by atoms with Gasteiger partial charge in [0.15, 0.2) is 0 Å². The molecular formula is C20H21FN2O2. The number of carbonyl (C=O) groups excluding carboxylic acids is 2. The lowest BCUT2D eigenvalue weighted by molar-refractivity contribution is -0.122. The number of amides is 2. The highest BCUT2D eigenvalue weighted by molar-refractivity contribution is 6.03. The predicted molar refractivity (Wildman–Crippen MR) is 96.1 cm³/mol. The van der Waals surface area contributed by atoms with Crippen molar-refractivity contribution in [2.24, 2.45) is 5.92 Å². The van der Waals surface area contributed by atoms with Gasteiger partial charge in [-0.1, -0.05) is 24.3 Å². The van der Waals surface area contributed by atoms with Crippen molar-refractivity contribution in [1.29, 1.82) is 0 Å². The van der Waals surface area contributed by atoms with Crippen molar-refractivity contribution < 1.29 is 14.0 Å². The first-order valence-corrected chi connectivity index (χ1v) is 8.30. The second kappa shape index (κ2) is 6.67. The highest BCUT2D eigenvalue weighted by atomic mass is 19.1. The Balaban J connectivity index is 1.75. The van der Waals surface area contributed by atoms with Crippen LogP contribution in [-0.4, -0.2) is 18.4 Å². The van der Waals surface area contributed by atoms with Crippen molar-refractivity contribution in [2.45, 2.75) is 27.2 Å². The van der Waals surface area contributed by atoms with E-state index in [0.717, 1.165) is 16.8 Å². The minimum atomic E-state index is -0.448. The molecule has 1 N–H and O–H groups in total. The molecule has 1 aliphatic rings. The molecule has 0 saturated carbocycles. The van der Waals surface area contributed by atoms with Crippen LogP contribution in [0.5, 0.6) is 0 Å². The number of halogens is 1. The summed E-state index contributed by atoms with van der Waals surface area (Å²) in [5.41, 5.74) is 3.78. The Labute approximate surface area is 146 Å². The summed E-state index contributed by atoms with van der Waals surface area (Å²) in [6.45, 7) is 5.80. The monoisotopic (exact) mass is 340 g/mol. The predicted octanol–water partition coefficient (Wildman–Crippen LogP) is 3.74. The number of rotatable bonds is 3. The first-order valence-electron chi connectivity index (χ1n) is 8.30. The van der Waals surface area contributed by atoms with Gasteiger partial charge in [-0.3, -0.25) is 9.59 Å². The van der Waals surface area contributed by atoms with Gasteiger partial charge in [0.1, 0.15) is 5.82 Å². The zero-order chi connectivity index (χ0) is 18.1. The smallest absolute Gasteiger partial charge is 0.229 e. The zero-order valence-corrected chi connectivity index (χ0v) is 14.6. The average Bonchev–Trinajstić information content (AvgIpc) is 2.95. The Morgan fingerprint density at radius 2 is 1.80 bits per heavy atom. The third kappa shape index (κ3) is 3.40. The van der Waals surface area contributed by atoms with Crippen molar-refractivity contribution in [3.05, 3.63) is 58.9 Å². The minimum Gasteiger partial charge on any atom is -0.325 e. The van der Waals surface area contributed by atoms with E-state index in [1.807, 2.05) is 32.0 Å². The van der Waals surface area contributed by atoms with E-state index in [1.165, 1.54) is 11.0 Å². The molecule has 0 aliphatic carbocycles. The highest BCUT2D eigenvalue weighted by Crippen LogP contribution is 2.28. The fourth-order valence-corrected chi connectivity index (χ4v) is 3.12. The molecule has 1 atom stereocenters. The fraction of sp³-hybridized carbons (Fsp3) is 0.300. The number of hydrogen-bond acceptors (Lipinski definition) is 2. The van der Waals surface area contributed by atoms with Gasteiger partial charge in [0.2, 0.25) is 11.8 Å². The number of benzene rings is 2. The molecule has 3 rings (SSSR count). The van der Waals surface area contributed by atoms with Crippen LogP contribution in [0.2, 0.25) is 0 Å². The van der Waals surface area contributed by atoms with Gasteiger partial charge in [0, 0.05) is 24.3 Å². The Kier molecular flexibility index (Phi) is 4.57. The molecule has 2 aromatic carbocycles. The standard InChI is InChI=1S/C20H21FN2O2/c1-12-7-8-16(10-17(12)21)23-11-15(9-18(23)24)20(25)22-19-13(2)5-4-6-14(19)3/h4-8,10,15H,9,11H2,1-3H3,(H,22,25). The summed E-state index contributed by atoms with van der Waals surface area (Å²) in [4.78, 5) is 26.4. The first kappa shape index (κ1) is 17.1. The van der Waals surface area contributed by atoms with Crippen LogP contribution < -0.4 is 10.2 Å². The van der Waals surface area contributed by atoms with Gasteiger partial charge < -0.3 is 10.2 Å². The van der Waals surface area contributed by atoms with Crippen LogP contribution in [0.3, 0.4) is 0 Å². The van der Waals surface area contributed by atoms with Gasteiger partial charge in [-0.2, -0.15) is 0 Å². The third-order valence-electron chi connectivity index (χ3n) is 4.69. The minimum absolute atomic E-state index is 0.131. The molecule has 2 aromatic rings. The summed E-state index contributed by atoms with van der Waals surface area (Å²) in [6.07, 6.45) is 0.131. The van der Waals surface area contributed by atoms with Gasteiger partial charge in [0.25, 0.3) is 0 Å². The lowest BCUT2D eigenvalue weighted by Crippen LogP contribution is -2.28. The molecule has 1 saturated heterocycles. The van der Waals surface area contributed by atoms with Crippen molar-refractivity contribution in [3.8, 4) is 0 Å². The SMILES string of the molecule is Cc1ccc(N2CC(C(=O)Nc3c(C)cccc3C)CC2=O)cc1F. The molecule has 1 aliphatic heterocycles. The molecule has 1 heterocycles. The number of carbonyl (C=O) groups is 2.